The van der Waals surface area contributed by atoms with Gasteiger partial charge in [0.05, 0.1) is 22.9 Å². The van der Waals surface area contributed by atoms with Gasteiger partial charge in [0.15, 0.2) is 0 Å². The number of aromatic nitrogens is 2. The molecule has 0 unspecified atom stereocenters. The van der Waals surface area contributed by atoms with Gasteiger partial charge in [-0.3, -0.25) is 14.2 Å². The topological polar surface area (TPSA) is 64.0 Å². The lowest BCUT2D eigenvalue weighted by atomic mass is 10.2. The molecule has 25 heavy (non-hydrogen) atoms. The van der Waals surface area contributed by atoms with E-state index in [0.29, 0.717) is 10.9 Å². The summed E-state index contributed by atoms with van der Waals surface area (Å²) in [6.07, 6.45) is 1.45. The van der Waals surface area contributed by atoms with Crippen molar-refractivity contribution in [3.63, 3.8) is 0 Å². The molecule has 2 aromatic carbocycles. The number of hydrogen-bond donors (Lipinski definition) is 1. The summed E-state index contributed by atoms with van der Waals surface area (Å²) in [6, 6.07) is 9.75. The van der Waals surface area contributed by atoms with Crippen LogP contribution in [0.3, 0.4) is 0 Å². The lowest BCUT2D eigenvalue weighted by molar-refractivity contribution is -0.116. The summed E-state index contributed by atoms with van der Waals surface area (Å²) in [7, 11) is 0. The van der Waals surface area contributed by atoms with Gasteiger partial charge in [-0.05, 0) is 42.8 Å². The normalized spacial score (nSPS) is 10.8. The van der Waals surface area contributed by atoms with Crippen molar-refractivity contribution in [2.45, 2.75) is 19.9 Å². The first kappa shape index (κ1) is 17.3. The van der Waals surface area contributed by atoms with Gasteiger partial charge in [0.2, 0.25) is 5.91 Å². The summed E-state index contributed by atoms with van der Waals surface area (Å²) in [5, 5.41) is 3.00. The van der Waals surface area contributed by atoms with E-state index in [9.17, 15) is 14.0 Å². The average Bonchev–Trinajstić information content (AvgIpc) is 2.58. The zero-order valence-corrected chi connectivity index (χ0v) is 15.0. The van der Waals surface area contributed by atoms with Gasteiger partial charge in [0.1, 0.15) is 5.82 Å². The summed E-state index contributed by atoms with van der Waals surface area (Å²) < 4.78 is 15.8. The standard InChI is InChI=1S/C18H15BrFN3O2/c1-11-2-4-14(20)16(8-11)22-17(24)6-7-23-10-21-15-5-3-12(19)9-13(15)18(23)25/h2-5,8-10H,6-7H2,1H3,(H,22,24). The Labute approximate surface area is 151 Å². The molecule has 0 saturated carbocycles. The van der Waals surface area contributed by atoms with Gasteiger partial charge in [0.25, 0.3) is 5.56 Å². The van der Waals surface area contributed by atoms with Crippen LogP contribution in [0.15, 0.2) is 52.0 Å². The molecule has 0 bridgehead atoms. The monoisotopic (exact) mass is 403 g/mol. The van der Waals surface area contributed by atoms with E-state index in [1.54, 1.807) is 24.3 Å². The summed E-state index contributed by atoms with van der Waals surface area (Å²) in [5.41, 5.74) is 1.35. The highest BCUT2D eigenvalue weighted by Crippen LogP contribution is 2.16. The molecule has 128 valence electrons. The van der Waals surface area contributed by atoms with Crippen LogP contribution in [0.4, 0.5) is 10.1 Å². The summed E-state index contributed by atoms with van der Waals surface area (Å²) >= 11 is 3.33. The molecule has 0 atom stereocenters. The average molecular weight is 404 g/mol. The molecule has 1 aromatic heterocycles. The number of hydrogen-bond acceptors (Lipinski definition) is 3. The van der Waals surface area contributed by atoms with Crippen LogP contribution in [0.1, 0.15) is 12.0 Å². The second kappa shape index (κ2) is 7.14. The Balaban J connectivity index is 1.74. The molecule has 3 rings (SSSR count). The molecule has 0 radical (unpaired) electrons. The van der Waals surface area contributed by atoms with Crippen molar-refractivity contribution in [3.05, 3.63) is 68.9 Å². The highest BCUT2D eigenvalue weighted by atomic mass is 79.9. The Bertz CT molecular complexity index is 1020. The van der Waals surface area contributed by atoms with Gasteiger partial charge in [-0.25, -0.2) is 9.37 Å². The van der Waals surface area contributed by atoms with Crippen LogP contribution in [0.2, 0.25) is 0 Å². The van der Waals surface area contributed by atoms with E-state index >= 15 is 0 Å². The highest BCUT2D eigenvalue weighted by Gasteiger charge is 2.09. The number of carbonyl (C=O) groups excluding carboxylic acids is 1. The maximum Gasteiger partial charge on any atom is 0.261 e. The first-order valence-electron chi connectivity index (χ1n) is 7.65. The minimum atomic E-state index is -0.492. The van der Waals surface area contributed by atoms with Crippen molar-refractivity contribution >= 4 is 38.4 Å². The third-order valence-electron chi connectivity index (χ3n) is 3.76. The maximum atomic E-state index is 13.7. The van der Waals surface area contributed by atoms with Crippen molar-refractivity contribution < 1.29 is 9.18 Å². The molecular weight excluding hydrogens is 389 g/mol. The van der Waals surface area contributed by atoms with Crippen molar-refractivity contribution in [3.8, 4) is 0 Å². The largest absolute Gasteiger partial charge is 0.324 e. The van der Waals surface area contributed by atoms with E-state index in [1.165, 1.54) is 17.0 Å². The SMILES string of the molecule is Cc1ccc(F)c(NC(=O)CCn2cnc3ccc(Br)cc3c2=O)c1. The fraction of sp³-hybridized carbons (Fsp3) is 0.167. The van der Waals surface area contributed by atoms with Gasteiger partial charge in [-0.1, -0.05) is 22.0 Å². The first-order valence-corrected chi connectivity index (χ1v) is 8.44. The summed E-state index contributed by atoms with van der Waals surface area (Å²) in [4.78, 5) is 28.7. The molecule has 3 aromatic rings. The molecule has 0 aliphatic carbocycles. The van der Waals surface area contributed by atoms with Crippen LogP contribution in [0.25, 0.3) is 10.9 Å². The summed E-state index contributed by atoms with van der Waals surface area (Å²) in [5.74, 6) is -0.862. The minimum Gasteiger partial charge on any atom is -0.324 e. The van der Waals surface area contributed by atoms with E-state index in [2.05, 4.69) is 26.2 Å². The Kier molecular flexibility index (Phi) is 4.94. The molecular formula is C18H15BrFN3O2. The molecule has 0 saturated heterocycles. The van der Waals surface area contributed by atoms with E-state index in [0.717, 1.165) is 10.0 Å². The third kappa shape index (κ3) is 3.93. The minimum absolute atomic E-state index is 0.0362. The molecule has 1 heterocycles. The van der Waals surface area contributed by atoms with Gasteiger partial charge in [0, 0.05) is 17.4 Å². The van der Waals surface area contributed by atoms with E-state index in [-0.39, 0.29) is 30.1 Å². The fourth-order valence-electron chi connectivity index (χ4n) is 2.46. The van der Waals surface area contributed by atoms with Crippen LogP contribution in [-0.4, -0.2) is 15.5 Å². The third-order valence-corrected chi connectivity index (χ3v) is 4.26. The number of carbonyl (C=O) groups is 1. The van der Waals surface area contributed by atoms with Gasteiger partial charge in [-0.2, -0.15) is 0 Å². The van der Waals surface area contributed by atoms with E-state index < -0.39 is 5.82 Å². The number of halogens is 2. The number of fused-ring (bicyclic) bond motifs is 1. The molecule has 7 heteroatoms. The number of rotatable bonds is 4. The van der Waals surface area contributed by atoms with Gasteiger partial charge < -0.3 is 5.32 Å². The lowest BCUT2D eigenvalue weighted by Gasteiger charge is -2.09. The molecule has 0 fully saturated rings. The zero-order valence-electron chi connectivity index (χ0n) is 13.4. The number of anilines is 1. The van der Waals surface area contributed by atoms with Crippen LogP contribution >= 0.6 is 15.9 Å². The van der Waals surface area contributed by atoms with Crippen LogP contribution in [0, 0.1) is 12.7 Å². The predicted molar refractivity (Wildman–Crippen MR) is 98.1 cm³/mol. The number of aryl methyl sites for hydroxylation is 2. The zero-order chi connectivity index (χ0) is 18.0. The van der Waals surface area contributed by atoms with E-state index in [1.807, 2.05) is 13.0 Å². The van der Waals surface area contributed by atoms with Gasteiger partial charge in [-0.15, -0.1) is 0 Å². The number of nitrogens with zero attached hydrogens (tertiary/aromatic N) is 2. The predicted octanol–water partition coefficient (Wildman–Crippen LogP) is 3.64. The second-order valence-electron chi connectivity index (χ2n) is 5.69. The second-order valence-corrected chi connectivity index (χ2v) is 6.60. The fourth-order valence-corrected chi connectivity index (χ4v) is 2.82. The van der Waals surface area contributed by atoms with Crippen LogP contribution < -0.4 is 10.9 Å². The first-order chi connectivity index (χ1) is 11.9. The Hall–Kier alpha value is -2.54. The van der Waals surface area contributed by atoms with E-state index in [4.69, 9.17) is 0 Å². The molecule has 0 spiro atoms. The quantitative estimate of drug-likeness (QED) is 0.723. The highest BCUT2D eigenvalue weighted by molar-refractivity contribution is 9.10. The smallest absolute Gasteiger partial charge is 0.261 e. The van der Waals surface area contributed by atoms with Gasteiger partial charge >= 0.3 is 0 Å². The lowest BCUT2D eigenvalue weighted by Crippen LogP contribution is -2.23. The van der Waals surface area contributed by atoms with Crippen molar-refractivity contribution in [1.82, 2.24) is 9.55 Å². The number of benzene rings is 2. The molecule has 1 amide bonds. The van der Waals surface area contributed by atoms with Crippen molar-refractivity contribution in [2.24, 2.45) is 0 Å². The molecule has 0 aliphatic rings. The Morgan fingerprint density at radius 2 is 2.08 bits per heavy atom. The van der Waals surface area contributed by atoms with Crippen LogP contribution in [-0.2, 0) is 11.3 Å². The number of amides is 1. The summed E-state index contributed by atoms with van der Waals surface area (Å²) in [6.45, 7) is 1.97. The molecule has 0 aliphatic heterocycles. The number of nitrogens with one attached hydrogen (secondary N) is 1. The van der Waals surface area contributed by atoms with Crippen molar-refractivity contribution in [2.75, 3.05) is 5.32 Å². The Morgan fingerprint density at radius 1 is 1.28 bits per heavy atom. The van der Waals surface area contributed by atoms with Crippen molar-refractivity contribution in [1.29, 1.82) is 0 Å². The van der Waals surface area contributed by atoms with Crippen LogP contribution in [0.5, 0.6) is 0 Å². The molecule has 5 nitrogen and oxygen atoms in total. The maximum absolute atomic E-state index is 13.7. The Morgan fingerprint density at radius 3 is 2.88 bits per heavy atom. The molecule has 1 N–H and O–H groups in total.